The van der Waals surface area contributed by atoms with E-state index in [0.717, 1.165) is 22.3 Å². The second kappa shape index (κ2) is 8.44. The molecular weight excluding hydrogens is 440 g/mol. The van der Waals surface area contributed by atoms with E-state index >= 15 is 0 Å². The molecule has 0 N–H and O–H groups in total. The number of alkyl halides is 2. The zero-order chi connectivity index (χ0) is 17.7. The maximum absolute atomic E-state index is 12.0. The van der Waals surface area contributed by atoms with Crippen molar-refractivity contribution in [2.24, 2.45) is 0 Å². The molecule has 6 heteroatoms. The molecule has 4 nitrogen and oxygen atoms in total. The van der Waals surface area contributed by atoms with Gasteiger partial charge in [-0.3, -0.25) is 0 Å². The lowest BCUT2D eigenvalue weighted by molar-refractivity contribution is 0.0590. The number of esters is 2. The van der Waals surface area contributed by atoms with Gasteiger partial charge in [-0.1, -0.05) is 56.1 Å². The molecule has 0 aliphatic carbocycles. The maximum Gasteiger partial charge on any atom is 0.338 e. The topological polar surface area (TPSA) is 52.6 Å². The molecule has 0 amide bonds. The zero-order valence-electron chi connectivity index (χ0n) is 13.3. The molecule has 24 heavy (non-hydrogen) atoms. The second-order valence-corrected chi connectivity index (χ2v) is 6.04. The van der Waals surface area contributed by atoms with Crippen LogP contribution in [-0.4, -0.2) is 26.2 Å². The van der Waals surface area contributed by atoms with E-state index in [4.69, 9.17) is 9.47 Å². The predicted octanol–water partition coefficient (Wildman–Crippen LogP) is 4.72. The summed E-state index contributed by atoms with van der Waals surface area (Å²) in [6.45, 7) is 0. The van der Waals surface area contributed by atoms with Crippen LogP contribution in [0.5, 0.6) is 0 Å². The van der Waals surface area contributed by atoms with Crippen molar-refractivity contribution in [2.75, 3.05) is 14.2 Å². The number of carbonyl (C=O) groups excluding carboxylic acids is 2. The van der Waals surface area contributed by atoms with Crippen LogP contribution in [0.25, 0.3) is 11.1 Å². The predicted molar refractivity (Wildman–Crippen MR) is 99.8 cm³/mol. The monoisotopic (exact) mass is 454 g/mol. The van der Waals surface area contributed by atoms with Crippen LogP contribution >= 0.6 is 31.9 Å². The van der Waals surface area contributed by atoms with Crippen LogP contribution in [0.1, 0.15) is 31.8 Å². The first kappa shape index (κ1) is 18.7. The Hall–Kier alpha value is -1.66. The molecule has 2 rings (SSSR count). The third-order valence-electron chi connectivity index (χ3n) is 3.72. The van der Waals surface area contributed by atoms with Crippen LogP contribution in [0.4, 0.5) is 0 Å². The van der Waals surface area contributed by atoms with Crippen molar-refractivity contribution in [3.05, 3.63) is 58.7 Å². The highest BCUT2D eigenvalue weighted by Gasteiger charge is 2.20. The summed E-state index contributed by atoms with van der Waals surface area (Å²) in [4.78, 5) is 24.1. The molecule has 2 aromatic rings. The average Bonchev–Trinajstić information content (AvgIpc) is 2.65. The van der Waals surface area contributed by atoms with Gasteiger partial charge in [0.15, 0.2) is 0 Å². The van der Waals surface area contributed by atoms with Gasteiger partial charge in [0.25, 0.3) is 0 Å². The molecule has 0 aromatic heterocycles. The van der Waals surface area contributed by atoms with Gasteiger partial charge >= 0.3 is 11.9 Å². The number of carbonyl (C=O) groups is 2. The smallest absolute Gasteiger partial charge is 0.338 e. The number of halogens is 2. The van der Waals surface area contributed by atoms with E-state index in [1.807, 2.05) is 12.1 Å². The third-order valence-corrected chi connectivity index (χ3v) is 4.84. The highest BCUT2D eigenvalue weighted by molar-refractivity contribution is 9.08. The van der Waals surface area contributed by atoms with E-state index in [1.165, 1.54) is 14.2 Å². The first-order valence-corrected chi connectivity index (χ1v) is 9.36. The van der Waals surface area contributed by atoms with Crippen LogP contribution in [0, 0.1) is 0 Å². The summed E-state index contributed by atoms with van der Waals surface area (Å²) in [7, 11) is 2.71. The summed E-state index contributed by atoms with van der Waals surface area (Å²) < 4.78 is 9.72. The van der Waals surface area contributed by atoms with E-state index < -0.39 is 11.9 Å². The van der Waals surface area contributed by atoms with Gasteiger partial charge in [0.05, 0.1) is 25.3 Å². The molecular formula is C18H16Br2O4. The Kier molecular flexibility index (Phi) is 6.57. The van der Waals surface area contributed by atoms with Crippen LogP contribution in [-0.2, 0) is 20.1 Å². The molecule has 0 aliphatic rings. The van der Waals surface area contributed by atoms with Crippen molar-refractivity contribution < 1.29 is 19.1 Å². The lowest BCUT2D eigenvalue weighted by atomic mass is 9.91. The molecule has 0 saturated heterocycles. The van der Waals surface area contributed by atoms with Crippen LogP contribution < -0.4 is 0 Å². The fourth-order valence-electron chi connectivity index (χ4n) is 2.57. The molecule has 0 heterocycles. The normalized spacial score (nSPS) is 10.3. The fraction of sp³-hybridized carbons (Fsp3) is 0.222. The SMILES string of the molecule is COC(=O)c1cccc(-c2cccc(C(=O)OC)c2CBr)c1CBr. The second-order valence-electron chi connectivity index (χ2n) is 4.91. The molecule has 2 aromatic carbocycles. The van der Waals surface area contributed by atoms with E-state index in [9.17, 15) is 9.59 Å². The molecule has 0 fully saturated rings. The summed E-state index contributed by atoms with van der Waals surface area (Å²) in [6, 6.07) is 10.9. The van der Waals surface area contributed by atoms with Gasteiger partial charge in [0.2, 0.25) is 0 Å². The first-order valence-electron chi connectivity index (χ1n) is 7.11. The minimum Gasteiger partial charge on any atom is -0.465 e. The van der Waals surface area contributed by atoms with Gasteiger partial charge in [-0.2, -0.15) is 0 Å². The lowest BCUT2D eigenvalue weighted by Gasteiger charge is -2.16. The third kappa shape index (κ3) is 3.54. The van der Waals surface area contributed by atoms with Gasteiger partial charge in [-0.15, -0.1) is 0 Å². The number of rotatable bonds is 5. The number of hydrogen-bond donors (Lipinski definition) is 0. The first-order chi connectivity index (χ1) is 11.6. The van der Waals surface area contributed by atoms with Crippen molar-refractivity contribution in [1.82, 2.24) is 0 Å². The van der Waals surface area contributed by atoms with Crippen molar-refractivity contribution in [3.8, 4) is 11.1 Å². The average molecular weight is 456 g/mol. The Morgan fingerprint density at radius 1 is 0.792 bits per heavy atom. The zero-order valence-corrected chi connectivity index (χ0v) is 16.4. The standard InChI is InChI=1S/C18H16Br2O4/c1-23-17(21)13-7-3-5-11(15(13)9-19)12-6-4-8-14(16(12)10-20)18(22)24-2/h3-8H,9-10H2,1-2H3. The van der Waals surface area contributed by atoms with Crippen molar-refractivity contribution in [3.63, 3.8) is 0 Å². The molecule has 0 unspecified atom stereocenters. The quantitative estimate of drug-likeness (QED) is 0.483. The van der Waals surface area contributed by atoms with Crippen LogP contribution in [0.3, 0.4) is 0 Å². The Morgan fingerprint density at radius 2 is 1.17 bits per heavy atom. The van der Waals surface area contributed by atoms with E-state index in [1.54, 1.807) is 24.3 Å². The van der Waals surface area contributed by atoms with Crippen molar-refractivity contribution >= 4 is 43.8 Å². The van der Waals surface area contributed by atoms with Gasteiger partial charge in [0.1, 0.15) is 0 Å². The van der Waals surface area contributed by atoms with Gasteiger partial charge in [-0.25, -0.2) is 9.59 Å². The summed E-state index contributed by atoms with van der Waals surface area (Å²) >= 11 is 6.90. The Bertz CT molecular complexity index is 706. The Morgan fingerprint density at radius 3 is 1.46 bits per heavy atom. The molecule has 0 atom stereocenters. The van der Waals surface area contributed by atoms with Gasteiger partial charge in [-0.05, 0) is 34.4 Å². The van der Waals surface area contributed by atoms with E-state index in [0.29, 0.717) is 21.8 Å². The number of benzene rings is 2. The van der Waals surface area contributed by atoms with Gasteiger partial charge in [0, 0.05) is 10.7 Å². The number of hydrogen-bond acceptors (Lipinski definition) is 4. The summed E-state index contributed by atoms with van der Waals surface area (Å²) in [6.07, 6.45) is 0. The van der Waals surface area contributed by atoms with Gasteiger partial charge < -0.3 is 9.47 Å². The molecule has 0 saturated carbocycles. The molecule has 0 radical (unpaired) electrons. The summed E-state index contributed by atoms with van der Waals surface area (Å²) in [5.41, 5.74) is 4.36. The highest BCUT2D eigenvalue weighted by atomic mass is 79.9. The fourth-order valence-corrected chi connectivity index (χ4v) is 3.78. The van der Waals surface area contributed by atoms with Crippen LogP contribution in [0.2, 0.25) is 0 Å². The van der Waals surface area contributed by atoms with E-state index in [2.05, 4.69) is 31.9 Å². The maximum atomic E-state index is 12.0. The molecule has 0 spiro atoms. The summed E-state index contributed by atoms with van der Waals surface area (Å²) in [5, 5.41) is 0.968. The lowest BCUT2D eigenvalue weighted by Crippen LogP contribution is -2.08. The van der Waals surface area contributed by atoms with E-state index in [-0.39, 0.29) is 0 Å². The highest BCUT2D eigenvalue weighted by Crippen LogP contribution is 2.34. The number of ether oxygens (including phenoxy) is 2. The van der Waals surface area contributed by atoms with Crippen LogP contribution in [0.15, 0.2) is 36.4 Å². The molecule has 0 bridgehead atoms. The summed E-state index contributed by atoms with van der Waals surface area (Å²) in [5.74, 6) is -0.786. The minimum atomic E-state index is -0.393. The molecule has 126 valence electrons. The number of methoxy groups -OCH3 is 2. The molecule has 0 aliphatic heterocycles. The largest absolute Gasteiger partial charge is 0.465 e. The Labute approximate surface area is 157 Å². The Balaban J connectivity index is 2.73. The minimum absolute atomic E-state index is 0.393. The van der Waals surface area contributed by atoms with Crippen molar-refractivity contribution in [2.45, 2.75) is 10.7 Å². The van der Waals surface area contributed by atoms with Crippen molar-refractivity contribution in [1.29, 1.82) is 0 Å².